The number of allylic oxidation sites excluding steroid dienone is 1. The molecule has 0 saturated carbocycles. The Balaban J connectivity index is 1.59. The van der Waals surface area contributed by atoms with Crippen molar-refractivity contribution in [1.82, 2.24) is 0 Å². The molecule has 7 heteroatoms. The predicted molar refractivity (Wildman–Crippen MR) is 112 cm³/mol. The van der Waals surface area contributed by atoms with E-state index < -0.39 is 11.9 Å². The summed E-state index contributed by atoms with van der Waals surface area (Å²) >= 11 is 1.44. The topological polar surface area (TPSA) is 78.9 Å². The van der Waals surface area contributed by atoms with E-state index in [9.17, 15) is 14.4 Å². The Bertz CT molecular complexity index is 1120. The Morgan fingerprint density at radius 2 is 1.76 bits per heavy atom. The monoisotopic (exact) mass is 412 g/mol. The van der Waals surface area contributed by atoms with Crippen LogP contribution in [-0.4, -0.2) is 31.8 Å². The molecule has 0 aliphatic rings. The van der Waals surface area contributed by atoms with Crippen molar-refractivity contribution in [1.29, 1.82) is 0 Å². The Morgan fingerprint density at radius 1 is 1.00 bits per heavy atom. The van der Waals surface area contributed by atoms with Gasteiger partial charge in [0, 0.05) is 28.0 Å². The highest BCUT2D eigenvalue weighted by Gasteiger charge is 2.12. The number of fused-ring (bicyclic) bond motifs is 2. The van der Waals surface area contributed by atoms with Crippen LogP contribution >= 0.6 is 11.3 Å². The van der Waals surface area contributed by atoms with Crippen LogP contribution in [0.3, 0.4) is 0 Å². The first-order valence-electron chi connectivity index (χ1n) is 9.12. The molecule has 0 bridgehead atoms. The third kappa shape index (κ3) is 5.20. The first kappa shape index (κ1) is 20.5. The van der Waals surface area contributed by atoms with Crippen LogP contribution in [0.25, 0.3) is 20.2 Å². The molecule has 150 valence electrons. The number of benzene rings is 2. The fourth-order valence-electron chi connectivity index (χ4n) is 2.69. The highest BCUT2D eigenvalue weighted by atomic mass is 32.1. The van der Waals surface area contributed by atoms with E-state index >= 15 is 0 Å². The maximum Gasteiger partial charge on any atom is 0.344 e. The third-order valence-corrected chi connectivity index (χ3v) is 5.21. The third-order valence-electron chi connectivity index (χ3n) is 4.01. The van der Waals surface area contributed by atoms with Gasteiger partial charge in [0.1, 0.15) is 5.75 Å². The highest BCUT2D eigenvalue weighted by molar-refractivity contribution is 7.24. The van der Waals surface area contributed by atoms with Crippen LogP contribution < -0.4 is 10.2 Å². The van der Waals surface area contributed by atoms with E-state index in [4.69, 9.17) is 14.2 Å². The van der Waals surface area contributed by atoms with E-state index in [1.54, 1.807) is 37.3 Å². The summed E-state index contributed by atoms with van der Waals surface area (Å²) in [5.41, 5.74) is -0.0603. The molecule has 0 aliphatic carbocycles. The lowest BCUT2D eigenvalue weighted by atomic mass is 10.2. The minimum Gasteiger partial charge on any atom is -0.480 e. The zero-order valence-electron chi connectivity index (χ0n) is 15.9. The summed E-state index contributed by atoms with van der Waals surface area (Å²) in [7, 11) is 0. The van der Waals surface area contributed by atoms with Gasteiger partial charge in [-0.2, -0.15) is 0 Å². The highest BCUT2D eigenvalue weighted by Crippen LogP contribution is 2.31. The van der Waals surface area contributed by atoms with E-state index in [1.165, 1.54) is 17.4 Å². The zero-order chi connectivity index (χ0) is 20.6. The van der Waals surface area contributed by atoms with Gasteiger partial charge in [0.2, 0.25) is 0 Å². The van der Waals surface area contributed by atoms with Gasteiger partial charge >= 0.3 is 11.9 Å². The largest absolute Gasteiger partial charge is 0.480 e. The molecule has 0 unspecified atom stereocenters. The van der Waals surface area contributed by atoms with E-state index in [0.717, 1.165) is 4.70 Å². The average Bonchev–Trinajstić information content (AvgIpc) is 2.72. The van der Waals surface area contributed by atoms with Gasteiger partial charge in [0.15, 0.2) is 12.0 Å². The first-order valence-corrected chi connectivity index (χ1v) is 9.94. The summed E-state index contributed by atoms with van der Waals surface area (Å²) in [5, 5.41) is 1.22. The van der Waals surface area contributed by atoms with Gasteiger partial charge in [0.05, 0.1) is 17.9 Å². The minimum absolute atomic E-state index is 0.0603. The molecule has 29 heavy (non-hydrogen) atoms. The van der Waals surface area contributed by atoms with Gasteiger partial charge in [-0.05, 0) is 31.2 Å². The smallest absolute Gasteiger partial charge is 0.344 e. The molecular formula is C22H20O6S. The molecule has 0 radical (unpaired) electrons. The van der Waals surface area contributed by atoms with Crippen molar-refractivity contribution in [3.05, 3.63) is 64.8 Å². The number of carbonyl (C=O) groups is 2. The molecular weight excluding hydrogens is 392 g/mol. The molecule has 0 amide bonds. The number of hydrogen-bond acceptors (Lipinski definition) is 7. The van der Waals surface area contributed by atoms with Crippen molar-refractivity contribution in [3.63, 3.8) is 0 Å². The summed E-state index contributed by atoms with van der Waals surface area (Å²) < 4.78 is 17.2. The normalized spacial score (nSPS) is 11.1. The van der Waals surface area contributed by atoms with E-state index in [1.807, 2.05) is 18.2 Å². The molecule has 2 aromatic carbocycles. The zero-order valence-corrected chi connectivity index (χ0v) is 16.7. The van der Waals surface area contributed by atoms with Gasteiger partial charge in [-0.25, -0.2) is 9.59 Å². The molecule has 0 spiro atoms. The number of rotatable bonds is 8. The Morgan fingerprint density at radius 3 is 2.59 bits per heavy atom. The molecule has 6 nitrogen and oxygen atoms in total. The second-order valence-electron chi connectivity index (χ2n) is 6.09. The second-order valence-corrected chi connectivity index (χ2v) is 7.14. The SMILES string of the molecule is CC=CC(=O)OCCCOC(=O)COc1cccc2c(=O)c3ccccc3sc12. The maximum atomic E-state index is 12.7. The van der Waals surface area contributed by atoms with Crippen LogP contribution in [0.2, 0.25) is 0 Å². The van der Waals surface area contributed by atoms with Crippen molar-refractivity contribution in [2.24, 2.45) is 0 Å². The molecule has 0 atom stereocenters. The van der Waals surface area contributed by atoms with Crippen LogP contribution in [0, 0.1) is 0 Å². The van der Waals surface area contributed by atoms with E-state index in [2.05, 4.69) is 0 Å². The number of esters is 2. The van der Waals surface area contributed by atoms with Gasteiger partial charge < -0.3 is 14.2 Å². The lowest BCUT2D eigenvalue weighted by molar-refractivity contribution is -0.146. The van der Waals surface area contributed by atoms with E-state index in [-0.39, 0.29) is 25.2 Å². The van der Waals surface area contributed by atoms with Crippen molar-refractivity contribution in [2.75, 3.05) is 19.8 Å². The van der Waals surface area contributed by atoms with Gasteiger partial charge in [-0.15, -0.1) is 11.3 Å². The lowest BCUT2D eigenvalue weighted by Gasteiger charge is -2.09. The Labute approximate surface area is 171 Å². The number of hydrogen-bond donors (Lipinski definition) is 0. The van der Waals surface area contributed by atoms with Crippen molar-refractivity contribution in [3.8, 4) is 5.75 Å². The van der Waals surface area contributed by atoms with Crippen LogP contribution in [0.4, 0.5) is 0 Å². The van der Waals surface area contributed by atoms with Gasteiger partial charge in [-0.1, -0.05) is 24.3 Å². The fraction of sp³-hybridized carbons (Fsp3) is 0.227. The van der Waals surface area contributed by atoms with E-state index in [0.29, 0.717) is 27.6 Å². The van der Waals surface area contributed by atoms with Crippen molar-refractivity contribution < 1.29 is 23.8 Å². The quantitative estimate of drug-likeness (QED) is 0.242. The maximum absolute atomic E-state index is 12.7. The van der Waals surface area contributed by atoms with Crippen LogP contribution in [0.15, 0.2) is 59.4 Å². The molecule has 1 aromatic heterocycles. The summed E-state index contributed by atoms with van der Waals surface area (Å²) in [6.07, 6.45) is 3.31. The van der Waals surface area contributed by atoms with Gasteiger partial charge in [-0.3, -0.25) is 4.79 Å². The molecule has 3 aromatic rings. The van der Waals surface area contributed by atoms with Gasteiger partial charge in [0.25, 0.3) is 0 Å². The molecule has 0 aliphatic heterocycles. The number of ether oxygens (including phenoxy) is 3. The molecule has 0 N–H and O–H groups in total. The summed E-state index contributed by atoms with van der Waals surface area (Å²) in [6.45, 7) is 1.74. The summed E-state index contributed by atoms with van der Waals surface area (Å²) in [6, 6.07) is 12.6. The predicted octanol–water partition coefficient (Wildman–Crippen LogP) is 3.85. The van der Waals surface area contributed by atoms with Crippen molar-refractivity contribution >= 4 is 43.4 Å². The summed E-state index contributed by atoms with van der Waals surface area (Å²) in [5.74, 6) is -0.493. The second kappa shape index (κ2) is 9.84. The first-order chi connectivity index (χ1) is 14.1. The van der Waals surface area contributed by atoms with Crippen LogP contribution in [-0.2, 0) is 19.1 Å². The number of carbonyl (C=O) groups excluding carboxylic acids is 2. The van der Waals surface area contributed by atoms with Crippen LogP contribution in [0.1, 0.15) is 13.3 Å². The lowest BCUT2D eigenvalue weighted by Crippen LogP contribution is -2.16. The Kier molecular flexibility index (Phi) is 6.97. The summed E-state index contributed by atoms with van der Waals surface area (Å²) in [4.78, 5) is 35.8. The minimum atomic E-state index is -0.532. The Hall–Kier alpha value is -3.19. The average molecular weight is 412 g/mol. The molecule has 3 rings (SSSR count). The van der Waals surface area contributed by atoms with Crippen molar-refractivity contribution in [2.45, 2.75) is 13.3 Å². The molecule has 1 heterocycles. The standard InChI is InChI=1S/C22H20O6S/c1-2-7-19(23)26-12-6-13-27-20(24)14-28-17-10-5-9-16-21(25)15-8-3-4-11-18(15)29-22(16)17/h2-5,7-11H,6,12-14H2,1H3. The molecule has 0 fully saturated rings. The molecule has 0 saturated heterocycles. The van der Waals surface area contributed by atoms with Crippen LogP contribution in [0.5, 0.6) is 5.75 Å². The fourth-order valence-corrected chi connectivity index (χ4v) is 3.83.